The van der Waals surface area contributed by atoms with Crippen LogP contribution >= 0.6 is 0 Å². The van der Waals surface area contributed by atoms with Crippen molar-refractivity contribution in [3.05, 3.63) is 71.8 Å². The maximum absolute atomic E-state index is 12.3. The Kier molecular flexibility index (Phi) is 5.62. The van der Waals surface area contributed by atoms with Crippen molar-refractivity contribution in [2.24, 2.45) is 0 Å². The molecule has 0 amide bonds. The molecule has 3 atom stereocenters. The highest BCUT2D eigenvalue weighted by Gasteiger charge is 2.37. The third-order valence-electron chi connectivity index (χ3n) is 4.00. The summed E-state index contributed by atoms with van der Waals surface area (Å²) in [5.41, 5.74) is 0.781. The zero-order chi connectivity index (χ0) is 18.4. The maximum atomic E-state index is 12.3. The van der Waals surface area contributed by atoms with Crippen LogP contribution in [0.1, 0.15) is 27.1 Å². The second-order valence-electron chi connectivity index (χ2n) is 5.81. The van der Waals surface area contributed by atoms with Gasteiger partial charge >= 0.3 is 11.9 Å². The molecule has 2 aromatic carbocycles. The lowest BCUT2D eigenvalue weighted by molar-refractivity contribution is -0.116. The van der Waals surface area contributed by atoms with Crippen LogP contribution in [0.4, 0.5) is 0 Å². The molecule has 2 aromatic rings. The number of carbonyl (C=O) groups is 2. The Balaban J connectivity index is 1.71. The molecule has 0 spiro atoms. The number of hydrogen-bond donors (Lipinski definition) is 0. The van der Waals surface area contributed by atoms with E-state index in [0.717, 1.165) is 0 Å². The predicted molar refractivity (Wildman–Crippen MR) is 91.3 cm³/mol. The third kappa shape index (κ3) is 4.26. The van der Waals surface area contributed by atoms with Crippen molar-refractivity contribution in [1.29, 1.82) is 5.26 Å². The summed E-state index contributed by atoms with van der Waals surface area (Å²) in [6, 6.07) is 19.0. The molecule has 0 unspecified atom stereocenters. The van der Waals surface area contributed by atoms with Gasteiger partial charge in [0.2, 0.25) is 0 Å². The summed E-state index contributed by atoms with van der Waals surface area (Å²) < 4.78 is 16.3. The molecule has 3 rings (SSSR count). The van der Waals surface area contributed by atoms with E-state index in [4.69, 9.17) is 19.5 Å². The van der Waals surface area contributed by atoms with E-state index in [0.29, 0.717) is 11.1 Å². The molecule has 1 aliphatic rings. The average molecular weight is 351 g/mol. The van der Waals surface area contributed by atoms with E-state index in [9.17, 15) is 9.59 Å². The van der Waals surface area contributed by atoms with E-state index < -0.39 is 30.3 Å². The first-order valence-corrected chi connectivity index (χ1v) is 8.20. The van der Waals surface area contributed by atoms with E-state index >= 15 is 0 Å². The van der Waals surface area contributed by atoms with E-state index in [2.05, 4.69) is 0 Å². The fourth-order valence-electron chi connectivity index (χ4n) is 2.63. The van der Waals surface area contributed by atoms with Gasteiger partial charge < -0.3 is 14.2 Å². The smallest absolute Gasteiger partial charge is 0.338 e. The Morgan fingerprint density at radius 2 is 1.38 bits per heavy atom. The summed E-state index contributed by atoms with van der Waals surface area (Å²) in [7, 11) is 0. The number of rotatable bonds is 4. The molecular formula is C20H17NO5. The summed E-state index contributed by atoms with van der Waals surface area (Å²) in [4.78, 5) is 24.6. The van der Waals surface area contributed by atoms with Crippen LogP contribution in [0, 0.1) is 11.3 Å². The largest absolute Gasteiger partial charge is 0.455 e. The first kappa shape index (κ1) is 17.6. The summed E-state index contributed by atoms with van der Waals surface area (Å²) >= 11 is 0. The summed E-state index contributed by atoms with van der Waals surface area (Å²) in [6.07, 6.45) is -2.11. The van der Waals surface area contributed by atoms with Gasteiger partial charge in [0.1, 0.15) is 12.2 Å². The molecule has 6 nitrogen and oxygen atoms in total. The lowest BCUT2D eigenvalue weighted by Gasteiger charge is -2.32. The second-order valence-corrected chi connectivity index (χ2v) is 5.81. The number of hydrogen-bond acceptors (Lipinski definition) is 6. The van der Waals surface area contributed by atoms with Crippen molar-refractivity contribution >= 4 is 11.9 Å². The van der Waals surface area contributed by atoms with Gasteiger partial charge in [0.05, 0.1) is 23.8 Å². The van der Waals surface area contributed by atoms with Crippen LogP contribution in [-0.2, 0) is 14.2 Å². The van der Waals surface area contributed by atoms with Crippen LogP contribution in [0.3, 0.4) is 0 Å². The molecule has 1 aliphatic heterocycles. The number of ether oxygens (including phenoxy) is 3. The van der Waals surface area contributed by atoms with Crippen LogP contribution in [0.2, 0.25) is 0 Å². The molecule has 0 saturated carbocycles. The number of carbonyl (C=O) groups excluding carboxylic acids is 2. The number of nitrogens with zero attached hydrogens (tertiary/aromatic N) is 1. The molecule has 0 aromatic heterocycles. The SMILES string of the molecule is N#C[C@@H]1C[C@H](OC(=O)c2ccccc2)[C@H](OC(=O)c2ccccc2)CO1. The van der Waals surface area contributed by atoms with E-state index in [1.807, 2.05) is 6.07 Å². The van der Waals surface area contributed by atoms with Crippen LogP contribution < -0.4 is 0 Å². The molecule has 1 saturated heterocycles. The van der Waals surface area contributed by atoms with Gasteiger partial charge in [-0.1, -0.05) is 36.4 Å². The normalized spacial score (nSPS) is 22.0. The van der Waals surface area contributed by atoms with Crippen molar-refractivity contribution in [3.63, 3.8) is 0 Å². The van der Waals surface area contributed by atoms with Crippen molar-refractivity contribution in [2.45, 2.75) is 24.7 Å². The number of benzene rings is 2. The maximum Gasteiger partial charge on any atom is 0.338 e. The Bertz CT molecular complexity index is 800. The van der Waals surface area contributed by atoms with E-state index in [-0.39, 0.29) is 13.0 Å². The fraction of sp³-hybridized carbons (Fsp3) is 0.250. The molecule has 26 heavy (non-hydrogen) atoms. The fourth-order valence-corrected chi connectivity index (χ4v) is 2.63. The molecule has 0 aliphatic carbocycles. The van der Waals surface area contributed by atoms with Gasteiger partial charge in [0.15, 0.2) is 6.10 Å². The quantitative estimate of drug-likeness (QED) is 0.788. The molecule has 6 heteroatoms. The van der Waals surface area contributed by atoms with E-state index in [1.165, 1.54) is 0 Å². The first-order valence-electron chi connectivity index (χ1n) is 8.20. The van der Waals surface area contributed by atoms with Crippen LogP contribution in [0.25, 0.3) is 0 Å². The Morgan fingerprint density at radius 1 is 0.885 bits per heavy atom. The molecular weight excluding hydrogens is 334 g/mol. The molecule has 0 N–H and O–H groups in total. The van der Waals surface area contributed by atoms with Crippen molar-refractivity contribution in [3.8, 4) is 6.07 Å². The highest BCUT2D eigenvalue weighted by atomic mass is 16.6. The zero-order valence-electron chi connectivity index (χ0n) is 13.9. The molecule has 132 valence electrons. The minimum Gasteiger partial charge on any atom is -0.455 e. The van der Waals surface area contributed by atoms with Crippen molar-refractivity contribution < 1.29 is 23.8 Å². The Morgan fingerprint density at radius 3 is 1.88 bits per heavy atom. The second kappa shape index (κ2) is 8.28. The van der Waals surface area contributed by atoms with Gasteiger partial charge in [0.25, 0.3) is 0 Å². The lowest BCUT2D eigenvalue weighted by atomic mass is 10.0. The molecule has 0 radical (unpaired) electrons. The van der Waals surface area contributed by atoms with Gasteiger partial charge in [-0.25, -0.2) is 9.59 Å². The minimum absolute atomic E-state index is 0.0104. The van der Waals surface area contributed by atoms with Crippen LogP contribution in [0.15, 0.2) is 60.7 Å². The van der Waals surface area contributed by atoms with Gasteiger partial charge in [-0.3, -0.25) is 0 Å². The highest BCUT2D eigenvalue weighted by molar-refractivity contribution is 5.90. The summed E-state index contributed by atoms with van der Waals surface area (Å²) in [6.45, 7) is -0.0104. The summed E-state index contributed by atoms with van der Waals surface area (Å²) in [5.74, 6) is -1.06. The number of esters is 2. The van der Waals surface area contributed by atoms with Crippen molar-refractivity contribution in [1.82, 2.24) is 0 Å². The topological polar surface area (TPSA) is 85.6 Å². The van der Waals surface area contributed by atoms with Crippen LogP contribution in [-0.4, -0.2) is 36.9 Å². The predicted octanol–water partition coefficient (Wildman–Crippen LogP) is 2.75. The zero-order valence-corrected chi connectivity index (χ0v) is 13.9. The van der Waals surface area contributed by atoms with Gasteiger partial charge in [0, 0.05) is 6.42 Å². The minimum atomic E-state index is -0.778. The van der Waals surface area contributed by atoms with Gasteiger partial charge in [-0.05, 0) is 24.3 Å². The van der Waals surface area contributed by atoms with Crippen molar-refractivity contribution in [2.75, 3.05) is 6.61 Å². The Hall–Kier alpha value is -3.17. The van der Waals surface area contributed by atoms with Crippen LogP contribution in [0.5, 0.6) is 0 Å². The van der Waals surface area contributed by atoms with E-state index in [1.54, 1.807) is 60.7 Å². The highest BCUT2D eigenvalue weighted by Crippen LogP contribution is 2.22. The molecule has 1 fully saturated rings. The molecule has 0 bridgehead atoms. The lowest BCUT2D eigenvalue weighted by Crippen LogP contribution is -2.46. The number of nitriles is 1. The van der Waals surface area contributed by atoms with Gasteiger partial charge in [-0.2, -0.15) is 5.26 Å². The van der Waals surface area contributed by atoms with Gasteiger partial charge in [-0.15, -0.1) is 0 Å². The monoisotopic (exact) mass is 351 g/mol. The summed E-state index contributed by atoms with van der Waals surface area (Å²) in [5, 5.41) is 9.08. The third-order valence-corrected chi connectivity index (χ3v) is 4.00. The standard InChI is InChI=1S/C20H17NO5/c21-12-16-11-17(25-19(22)14-7-3-1-4-8-14)18(13-24-16)26-20(23)15-9-5-2-6-10-15/h1-10,16-18H,11,13H2/t16-,17-,18+/m0/s1. The Labute approximate surface area is 150 Å². The molecule has 1 heterocycles. The average Bonchev–Trinajstić information content (AvgIpc) is 2.70. The first-order chi connectivity index (χ1) is 12.7.